The zero-order valence-electron chi connectivity index (χ0n) is 13.5. The summed E-state index contributed by atoms with van der Waals surface area (Å²) in [4.78, 5) is 2.33. The normalized spacial score (nSPS) is 11.9. The molecule has 0 unspecified atom stereocenters. The van der Waals surface area contributed by atoms with E-state index in [0.717, 1.165) is 19.0 Å². The van der Waals surface area contributed by atoms with Crippen LogP contribution < -0.4 is 10.2 Å². The molecule has 0 aromatic heterocycles. The molecule has 0 saturated heterocycles. The van der Waals surface area contributed by atoms with Crippen LogP contribution in [0.2, 0.25) is 0 Å². The van der Waals surface area contributed by atoms with Gasteiger partial charge in [-0.2, -0.15) is 0 Å². The van der Waals surface area contributed by atoms with Gasteiger partial charge in [-0.3, -0.25) is 0 Å². The molecule has 19 heavy (non-hydrogen) atoms. The molecule has 0 radical (unpaired) electrons. The average Bonchev–Trinajstić information content (AvgIpc) is 2.33. The molecule has 2 heteroatoms. The molecule has 0 aliphatic rings. The number of hydrogen-bond donors (Lipinski definition) is 1. The minimum Gasteiger partial charge on any atom is -0.375 e. The van der Waals surface area contributed by atoms with Gasteiger partial charge in [-0.25, -0.2) is 0 Å². The SMILES string of the molecule is CC(C)CCN(C)c1ccc(CNC(C)(C)C)cc1. The predicted molar refractivity (Wildman–Crippen MR) is 85.8 cm³/mol. The van der Waals surface area contributed by atoms with E-state index in [9.17, 15) is 0 Å². The molecule has 0 atom stereocenters. The van der Waals surface area contributed by atoms with Crippen LogP contribution in [0.25, 0.3) is 0 Å². The summed E-state index contributed by atoms with van der Waals surface area (Å²) in [7, 11) is 2.17. The second kappa shape index (κ2) is 6.95. The number of benzene rings is 1. The van der Waals surface area contributed by atoms with Crippen molar-refractivity contribution in [2.75, 3.05) is 18.5 Å². The third kappa shape index (κ3) is 6.63. The van der Waals surface area contributed by atoms with E-state index in [-0.39, 0.29) is 5.54 Å². The van der Waals surface area contributed by atoms with E-state index in [0.29, 0.717) is 0 Å². The number of nitrogens with zero attached hydrogens (tertiary/aromatic N) is 1. The summed E-state index contributed by atoms with van der Waals surface area (Å²) in [5.74, 6) is 0.762. The van der Waals surface area contributed by atoms with Gasteiger partial charge in [0, 0.05) is 31.4 Å². The minimum atomic E-state index is 0.173. The van der Waals surface area contributed by atoms with E-state index in [2.05, 4.69) is 76.1 Å². The lowest BCUT2D eigenvalue weighted by Gasteiger charge is -2.22. The van der Waals surface area contributed by atoms with Gasteiger partial charge in [0.2, 0.25) is 0 Å². The molecular weight excluding hydrogens is 232 g/mol. The Morgan fingerprint density at radius 2 is 1.68 bits per heavy atom. The molecule has 1 N–H and O–H groups in total. The second-order valence-electron chi connectivity index (χ2n) is 6.87. The van der Waals surface area contributed by atoms with Crippen molar-refractivity contribution in [1.82, 2.24) is 5.32 Å². The zero-order chi connectivity index (χ0) is 14.5. The maximum absolute atomic E-state index is 3.51. The summed E-state index contributed by atoms with van der Waals surface area (Å²) in [5.41, 5.74) is 2.82. The van der Waals surface area contributed by atoms with Crippen molar-refractivity contribution in [2.24, 2.45) is 5.92 Å². The fourth-order valence-electron chi connectivity index (χ4n) is 1.82. The van der Waals surface area contributed by atoms with Crippen molar-refractivity contribution in [3.05, 3.63) is 29.8 Å². The monoisotopic (exact) mass is 262 g/mol. The Balaban J connectivity index is 2.51. The van der Waals surface area contributed by atoms with Crippen LogP contribution in [0.15, 0.2) is 24.3 Å². The van der Waals surface area contributed by atoms with Gasteiger partial charge in [0.15, 0.2) is 0 Å². The minimum absolute atomic E-state index is 0.173. The van der Waals surface area contributed by atoms with E-state index >= 15 is 0 Å². The zero-order valence-corrected chi connectivity index (χ0v) is 13.5. The van der Waals surface area contributed by atoms with Gasteiger partial charge < -0.3 is 10.2 Å². The van der Waals surface area contributed by atoms with Gasteiger partial charge in [-0.1, -0.05) is 26.0 Å². The van der Waals surface area contributed by atoms with Crippen molar-refractivity contribution in [3.8, 4) is 0 Å². The van der Waals surface area contributed by atoms with Gasteiger partial charge in [0.1, 0.15) is 0 Å². The quantitative estimate of drug-likeness (QED) is 0.832. The van der Waals surface area contributed by atoms with Crippen molar-refractivity contribution in [1.29, 1.82) is 0 Å². The lowest BCUT2D eigenvalue weighted by atomic mass is 10.1. The highest BCUT2D eigenvalue weighted by Gasteiger charge is 2.08. The molecule has 0 fully saturated rings. The van der Waals surface area contributed by atoms with E-state index in [1.807, 2.05) is 0 Å². The van der Waals surface area contributed by atoms with Crippen molar-refractivity contribution in [3.63, 3.8) is 0 Å². The molecule has 0 saturated carbocycles. The smallest absolute Gasteiger partial charge is 0.0363 e. The first-order valence-corrected chi connectivity index (χ1v) is 7.33. The maximum atomic E-state index is 3.51. The van der Waals surface area contributed by atoms with E-state index in [4.69, 9.17) is 0 Å². The van der Waals surface area contributed by atoms with Crippen LogP contribution in [0.5, 0.6) is 0 Å². The van der Waals surface area contributed by atoms with Crippen LogP contribution in [0.3, 0.4) is 0 Å². The molecule has 2 nitrogen and oxygen atoms in total. The summed E-state index contributed by atoms with van der Waals surface area (Å²) < 4.78 is 0. The maximum Gasteiger partial charge on any atom is 0.0363 e. The van der Waals surface area contributed by atoms with E-state index < -0.39 is 0 Å². The summed E-state index contributed by atoms with van der Waals surface area (Å²) in [6, 6.07) is 8.89. The Hall–Kier alpha value is -1.02. The Bertz CT molecular complexity index is 360. The largest absolute Gasteiger partial charge is 0.375 e. The summed E-state index contributed by atoms with van der Waals surface area (Å²) in [6.45, 7) is 13.2. The molecule has 1 aromatic carbocycles. The fraction of sp³-hybridized carbons (Fsp3) is 0.647. The molecular formula is C17H30N2. The predicted octanol–water partition coefficient (Wildman–Crippen LogP) is 4.06. The summed E-state index contributed by atoms with van der Waals surface area (Å²) in [5, 5.41) is 3.51. The van der Waals surface area contributed by atoms with Gasteiger partial charge in [0.25, 0.3) is 0 Å². The standard InChI is InChI=1S/C17H30N2/c1-14(2)11-12-19(6)16-9-7-15(8-10-16)13-18-17(3,4)5/h7-10,14,18H,11-13H2,1-6H3. The molecule has 1 rings (SSSR count). The van der Waals surface area contributed by atoms with E-state index in [1.165, 1.54) is 17.7 Å². The average molecular weight is 262 g/mol. The first kappa shape index (κ1) is 16.0. The van der Waals surface area contributed by atoms with Crippen LogP contribution in [0.1, 0.15) is 46.6 Å². The van der Waals surface area contributed by atoms with Gasteiger partial charge >= 0.3 is 0 Å². The third-order valence-electron chi connectivity index (χ3n) is 3.24. The van der Waals surface area contributed by atoms with Crippen LogP contribution in [-0.4, -0.2) is 19.1 Å². The first-order chi connectivity index (χ1) is 8.78. The molecule has 0 aliphatic heterocycles. The molecule has 0 spiro atoms. The van der Waals surface area contributed by atoms with Crippen LogP contribution in [0, 0.1) is 5.92 Å². The van der Waals surface area contributed by atoms with Crippen molar-refractivity contribution in [2.45, 2.75) is 53.1 Å². The number of nitrogens with one attached hydrogen (secondary N) is 1. The van der Waals surface area contributed by atoms with Crippen molar-refractivity contribution >= 4 is 5.69 Å². The number of anilines is 1. The van der Waals surface area contributed by atoms with Gasteiger partial charge in [-0.15, -0.1) is 0 Å². The molecule has 0 bridgehead atoms. The number of rotatable bonds is 6. The first-order valence-electron chi connectivity index (χ1n) is 7.33. The lowest BCUT2D eigenvalue weighted by Crippen LogP contribution is -2.35. The Kier molecular flexibility index (Phi) is 5.86. The topological polar surface area (TPSA) is 15.3 Å². The molecule has 0 aliphatic carbocycles. The molecule has 108 valence electrons. The Morgan fingerprint density at radius 1 is 1.11 bits per heavy atom. The van der Waals surface area contributed by atoms with Gasteiger partial charge in [-0.05, 0) is 50.8 Å². The highest BCUT2D eigenvalue weighted by molar-refractivity contribution is 5.46. The van der Waals surface area contributed by atoms with Crippen LogP contribution in [0.4, 0.5) is 5.69 Å². The Morgan fingerprint density at radius 3 is 2.16 bits per heavy atom. The molecule has 1 aromatic rings. The van der Waals surface area contributed by atoms with Gasteiger partial charge in [0.05, 0.1) is 0 Å². The fourth-order valence-corrected chi connectivity index (χ4v) is 1.82. The number of hydrogen-bond acceptors (Lipinski definition) is 2. The lowest BCUT2D eigenvalue weighted by molar-refractivity contribution is 0.424. The third-order valence-corrected chi connectivity index (χ3v) is 3.24. The highest BCUT2D eigenvalue weighted by atomic mass is 15.1. The van der Waals surface area contributed by atoms with Crippen LogP contribution >= 0.6 is 0 Å². The van der Waals surface area contributed by atoms with Crippen LogP contribution in [-0.2, 0) is 6.54 Å². The molecule has 0 heterocycles. The summed E-state index contributed by atoms with van der Waals surface area (Å²) >= 11 is 0. The van der Waals surface area contributed by atoms with Crippen molar-refractivity contribution < 1.29 is 0 Å². The summed E-state index contributed by atoms with van der Waals surface area (Å²) in [6.07, 6.45) is 1.24. The second-order valence-corrected chi connectivity index (χ2v) is 6.87. The Labute approximate surface area is 119 Å². The van der Waals surface area contributed by atoms with E-state index in [1.54, 1.807) is 0 Å². The molecule has 0 amide bonds. The highest BCUT2D eigenvalue weighted by Crippen LogP contribution is 2.15.